The Bertz CT molecular complexity index is 142. The summed E-state index contributed by atoms with van der Waals surface area (Å²) in [6, 6.07) is 0. The van der Waals surface area contributed by atoms with Crippen molar-refractivity contribution < 1.29 is 23.7 Å². The van der Waals surface area contributed by atoms with E-state index in [1.165, 1.54) is 14.2 Å². The number of carbonyl (C=O) groups excluding carboxylic acids is 1. The van der Waals surface area contributed by atoms with Crippen molar-refractivity contribution in [3.8, 4) is 0 Å². The molecule has 1 saturated heterocycles. The first kappa shape index (κ1) is 9.28. The van der Waals surface area contributed by atoms with Gasteiger partial charge in [-0.2, -0.15) is 0 Å². The molecule has 0 N–H and O–H groups in total. The Kier molecular flexibility index (Phi) is 3.31. The van der Waals surface area contributed by atoms with Crippen molar-refractivity contribution in [3.05, 3.63) is 0 Å². The standard InChI is InChI=1S/C7H12O5/c1-9-3-5-6(4-10-2)12-7(8)11-5/h5-6H,3-4H2,1-2H3. The summed E-state index contributed by atoms with van der Waals surface area (Å²) in [6.07, 6.45) is -1.34. The van der Waals surface area contributed by atoms with E-state index in [1.807, 2.05) is 0 Å². The second kappa shape index (κ2) is 4.27. The fourth-order valence-electron chi connectivity index (χ4n) is 1.04. The first-order valence-electron chi connectivity index (χ1n) is 3.63. The summed E-state index contributed by atoms with van der Waals surface area (Å²) in [5, 5.41) is 0. The van der Waals surface area contributed by atoms with Crippen LogP contribution in [0.15, 0.2) is 0 Å². The Labute approximate surface area is 70.5 Å². The van der Waals surface area contributed by atoms with Crippen molar-refractivity contribution in [1.29, 1.82) is 0 Å². The third kappa shape index (κ3) is 2.09. The molecule has 0 bridgehead atoms. The Morgan fingerprint density at radius 3 is 1.92 bits per heavy atom. The lowest BCUT2D eigenvalue weighted by molar-refractivity contribution is 0.0219. The minimum Gasteiger partial charge on any atom is -0.424 e. The van der Waals surface area contributed by atoms with Gasteiger partial charge in [0.25, 0.3) is 0 Å². The van der Waals surface area contributed by atoms with Gasteiger partial charge in [0.1, 0.15) is 0 Å². The maximum absolute atomic E-state index is 10.7. The molecule has 0 saturated carbocycles. The summed E-state index contributed by atoms with van der Waals surface area (Å²) in [4.78, 5) is 10.7. The van der Waals surface area contributed by atoms with Gasteiger partial charge in [0, 0.05) is 14.2 Å². The van der Waals surface area contributed by atoms with Gasteiger partial charge in [0.05, 0.1) is 13.2 Å². The normalized spacial score (nSPS) is 28.3. The second-order valence-corrected chi connectivity index (χ2v) is 2.47. The predicted molar refractivity (Wildman–Crippen MR) is 38.9 cm³/mol. The summed E-state index contributed by atoms with van der Waals surface area (Å²) in [5.74, 6) is 0. The van der Waals surface area contributed by atoms with Gasteiger partial charge in [-0.1, -0.05) is 0 Å². The van der Waals surface area contributed by atoms with Crippen LogP contribution in [-0.4, -0.2) is 45.8 Å². The molecule has 1 fully saturated rings. The smallest absolute Gasteiger partial charge is 0.424 e. The number of ether oxygens (including phenoxy) is 4. The van der Waals surface area contributed by atoms with Crippen LogP contribution in [0.5, 0.6) is 0 Å². The Morgan fingerprint density at radius 1 is 1.17 bits per heavy atom. The highest BCUT2D eigenvalue weighted by Crippen LogP contribution is 2.15. The van der Waals surface area contributed by atoms with E-state index in [0.717, 1.165) is 0 Å². The van der Waals surface area contributed by atoms with Crippen LogP contribution in [0, 0.1) is 0 Å². The number of hydrogen-bond donors (Lipinski definition) is 0. The summed E-state index contributed by atoms with van der Waals surface area (Å²) in [5.41, 5.74) is 0. The van der Waals surface area contributed by atoms with Crippen LogP contribution in [0.2, 0.25) is 0 Å². The van der Waals surface area contributed by atoms with Gasteiger partial charge >= 0.3 is 6.16 Å². The summed E-state index contributed by atoms with van der Waals surface area (Å²) in [7, 11) is 3.08. The lowest BCUT2D eigenvalue weighted by Gasteiger charge is -2.12. The van der Waals surface area contributed by atoms with Crippen molar-refractivity contribution in [3.63, 3.8) is 0 Å². The van der Waals surface area contributed by atoms with E-state index >= 15 is 0 Å². The lowest BCUT2D eigenvalue weighted by atomic mass is 10.2. The number of carbonyl (C=O) groups is 1. The third-order valence-corrected chi connectivity index (χ3v) is 1.57. The Hall–Kier alpha value is -0.810. The van der Waals surface area contributed by atoms with Crippen molar-refractivity contribution in [2.45, 2.75) is 12.2 Å². The molecule has 12 heavy (non-hydrogen) atoms. The molecule has 1 aliphatic rings. The molecular formula is C7H12O5. The molecule has 0 aromatic carbocycles. The molecule has 0 aliphatic carbocycles. The van der Waals surface area contributed by atoms with Crippen LogP contribution >= 0.6 is 0 Å². The first-order chi connectivity index (χ1) is 5.77. The van der Waals surface area contributed by atoms with Gasteiger partial charge in [0.15, 0.2) is 12.2 Å². The quantitative estimate of drug-likeness (QED) is 0.572. The van der Waals surface area contributed by atoms with Crippen molar-refractivity contribution in [2.24, 2.45) is 0 Å². The highest BCUT2D eigenvalue weighted by molar-refractivity contribution is 5.62. The zero-order valence-corrected chi connectivity index (χ0v) is 7.11. The fourth-order valence-corrected chi connectivity index (χ4v) is 1.04. The second-order valence-electron chi connectivity index (χ2n) is 2.47. The van der Waals surface area contributed by atoms with Crippen LogP contribution in [0.4, 0.5) is 4.79 Å². The van der Waals surface area contributed by atoms with Crippen LogP contribution in [0.25, 0.3) is 0 Å². The molecule has 1 rings (SSSR count). The average Bonchev–Trinajstić information content (AvgIpc) is 2.33. The van der Waals surface area contributed by atoms with Gasteiger partial charge in [0.2, 0.25) is 0 Å². The molecule has 0 amide bonds. The highest BCUT2D eigenvalue weighted by Gasteiger charge is 2.36. The molecule has 70 valence electrons. The molecule has 0 spiro atoms. The van der Waals surface area contributed by atoms with Crippen molar-refractivity contribution >= 4 is 6.16 Å². The van der Waals surface area contributed by atoms with Crippen molar-refractivity contribution in [2.75, 3.05) is 27.4 Å². The summed E-state index contributed by atoms with van der Waals surface area (Å²) < 4.78 is 19.3. The number of rotatable bonds is 4. The average molecular weight is 176 g/mol. The molecule has 0 aromatic heterocycles. The summed E-state index contributed by atoms with van der Waals surface area (Å²) >= 11 is 0. The van der Waals surface area contributed by atoms with E-state index in [4.69, 9.17) is 18.9 Å². The lowest BCUT2D eigenvalue weighted by Crippen LogP contribution is -2.30. The fraction of sp³-hybridized carbons (Fsp3) is 0.857. The molecule has 1 aliphatic heterocycles. The van der Waals surface area contributed by atoms with E-state index in [-0.39, 0.29) is 12.2 Å². The highest BCUT2D eigenvalue weighted by atomic mass is 16.8. The predicted octanol–water partition coefficient (Wildman–Crippen LogP) is 0.183. The number of cyclic esters (lactones) is 2. The third-order valence-electron chi connectivity index (χ3n) is 1.57. The van der Waals surface area contributed by atoms with E-state index in [2.05, 4.69) is 0 Å². The van der Waals surface area contributed by atoms with Gasteiger partial charge in [-0.3, -0.25) is 0 Å². The van der Waals surface area contributed by atoms with E-state index in [1.54, 1.807) is 0 Å². The van der Waals surface area contributed by atoms with Crippen LogP contribution in [-0.2, 0) is 18.9 Å². The molecule has 2 unspecified atom stereocenters. The molecule has 0 aromatic rings. The number of methoxy groups -OCH3 is 2. The minimum absolute atomic E-state index is 0.333. The molecule has 2 atom stereocenters. The molecule has 5 nitrogen and oxygen atoms in total. The SMILES string of the molecule is COCC1OC(=O)OC1COC. The van der Waals surface area contributed by atoms with E-state index in [0.29, 0.717) is 13.2 Å². The zero-order chi connectivity index (χ0) is 8.97. The Balaban J connectivity index is 2.41. The first-order valence-corrected chi connectivity index (χ1v) is 3.63. The van der Waals surface area contributed by atoms with E-state index < -0.39 is 6.16 Å². The van der Waals surface area contributed by atoms with E-state index in [9.17, 15) is 4.79 Å². The van der Waals surface area contributed by atoms with Crippen molar-refractivity contribution in [1.82, 2.24) is 0 Å². The monoisotopic (exact) mass is 176 g/mol. The largest absolute Gasteiger partial charge is 0.509 e. The van der Waals surface area contributed by atoms with Crippen LogP contribution in [0.3, 0.4) is 0 Å². The molecule has 0 radical (unpaired) electrons. The van der Waals surface area contributed by atoms with Gasteiger partial charge in [-0.25, -0.2) is 4.79 Å². The van der Waals surface area contributed by atoms with Crippen LogP contribution in [0.1, 0.15) is 0 Å². The maximum atomic E-state index is 10.7. The summed E-state index contributed by atoms with van der Waals surface area (Å²) in [6.45, 7) is 0.666. The van der Waals surface area contributed by atoms with Gasteiger partial charge < -0.3 is 18.9 Å². The van der Waals surface area contributed by atoms with Crippen LogP contribution < -0.4 is 0 Å². The molecule has 5 heteroatoms. The molecule has 1 heterocycles. The molecular weight excluding hydrogens is 164 g/mol. The van der Waals surface area contributed by atoms with Gasteiger partial charge in [-0.05, 0) is 0 Å². The topological polar surface area (TPSA) is 54.0 Å². The zero-order valence-electron chi connectivity index (χ0n) is 7.11. The minimum atomic E-state index is -0.654. The number of hydrogen-bond acceptors (Lipinski definition) is 5. The maximum Gasteiger partial charge on any atom is 0.509 e. The van der Waals surface area contributed by atoms with Gasteiger partial charge in [-0.15, -0.1) is 0 Å². The Morgan fingerprint density at radius 2 is 1.58 bits per heavy atom.